The molecule has 3 rings (SSSR count). The number of carbonyl (C=O) groups excluding carboxylic acids is 1. The zero-order valence-electron chi connectivity index (χ0n) is 17.3. The van der Waals surface area contributed by atoms with Crippen molar-refractivity contribution in [3.8, 4) is 17.2 Å². The maximum atomic E-state index is 13.0. The Morgan fingerprint density at radius 1 is 1.14 bits per heavy atom. The first-order valence-electron chi connectivity index (χ1n) is 9.60. The largest absolute Gasteiger partial charge is 0.493 e. The molecule has 7 heteroatoms. The lowest BCUT2D eigenvalue weighted by Crippen LogP contribution is -2.40. The number of aromatic amines is 1. The smallest absolute Gasteiger partial charge is 0.270 e. The predicted octanol–water partition coefficient (Wildman–Crippen LogP) is 3.21. The molecule has 1 aromatic carbocycles. The standard InChI is InChI=1S/C21H30N2O5/c1-21(2,25)12-13-6-8-23(9-7-13)20(24)15-10-14-11-16(26-3)18(27-4)19(28-5)17(14)22-15/h10-11,13,22,25H,6-9,12H2,1-5H3. The van der Waals surface area contributed by atoms with Gasteiger partial charge in [0.05, 0.1) is 32.4 Å². The minimum atomic E-state index is -0.664. The highest BCUT2D eigenvalue weighted by atomic mass is 16.5. The third-order valence-corrected chi connectivity index (χ3v) is 5.34. The number of nitrogens with zero attached hydrogens (tertiary/aromatic N) is 1. The minimum absolute atomic E-state index is 0.0297. The van der Waals surface area contributed by atoms with Gasteiger partial charge in [0, 0.05) is 18.5 Å². The van der Waals surface area contributed by atoms with E-state index in [-0.39, 0.29) is 5.91 Å². The summed E-state index contributed by atoms with van der Waals surface area (Å²) in [6, 6.07) is 3.66. The first kappa shape index (κ1) is 20.3. The fourth-order valence-electron chi connectivity index (χ4n) is 4.08. The number of methoxy groups -OCH3 is 3. The summed E-state index contributed by atoms with van der Waals surface area (Å²) in [7, 11) is 4.69. The molecule has 0 saturated carbocycles. The van der Waals surface area contributed by atoms with Gasteiger partial charge in [-0.15, -0.1) is 0 Å². The Hall–Kier alpha value is -2.41. The summed E-state index contributed by atoms with van der Waals surface area (Å²) in [5.41, 5.74) is 0.563. The molecule has 0 spiro atoms. The Balaban J connectivity index is 1.81. The van der Waals surface area contributed by atoms with Crippen molar-refractivity contribution in [2.45, 2.75) is 38.7 Å². The number of piperidine rings is 1. The van der Waals surface area contributed by atoms with E-state index in [0.29, 0.717) is 47.5 Å². The van der Waals surface area contributed by atoms with Crippen molar-refractivity contribution in [3.63, 3.8) is 0 Å². The average molecular weight is 390 g/mol. The van der Waals surface area contributed by atoms with Crippen LogP contribution in [0.4, 0.5) is 0 Å². The van der Waals surface area contributed by atoms with E-state index in [9.17, 15) is 9.90 Å². The van der Waals surface area contributed by atoms with Gasteiger partial charge in [-0.25, -0.2) is 0 Å². The number of hydrogen-bond donors (Lipinski definition) is 2. The van der Waals surface area contributed by atoms with Gasteiger partial charge in [0.15, 0.2) is 11.5 Å². The number of ether oxygens (including phenoxy) is 3. The lowest BCUT2D eigenvalue weighted by Gasteiger charge is -2.34. The lowest BCUT2D eigenvalue weighted by molar-refractivity contribution is 0.0357. The molecule has 1 fully saturated rings. The topological polar surface area (TPSA) is 84.0 Å². The van der Waals surface area contributed by atoms with Crippen LogP contribution in [0.2, 0.25) is 0 Å². The van der Waals surface area contributed by atoms with Gasteiger partial charge in [0.2, 0.25) is 5.75 Å². The van der Waals surface area contributed by atoms with E-state index in [1.54, 1.807) is 21.3 Å². The van der Waals surface area contributed by atoms with E-state index in [1.807, 2.05) is 30.9 Å². The van der Waals surface area contributed by atoms with Gasteiger partial charge in [-0.05, 0) is 51.2 Å². The molecule has 1 aliphatic heterocycles. The van der Waals surface area contributed by atoms with Gasteiger partial charge in [-0.2, -0.15) is 0 Å². The van der Waals surface area contributed by atoms with E-state index in [1.165, 1.54) is 0 Å². The van der Waals surface area contributed by atoms with Crippen LogP contribution >= 0.6 is 0 Å². The molecule has 2 N–H and O–H groups in total. The van der Waals surface area contributed by atoms with Crippen molar-refractivity contribution < 1.29 is 24.1 Å². The van der Waals surface area contributed by atoms with Crippen LogP contribution in [0.1, 0.15) is 43.6 Å². The van der Waals surface area contributed by atoms with Gasteiger partial charge in [-0.3, -0.25) is 4.79 Å². The van der Waals surface area contributed by atoms with Gasteiger partial charge in [0.1, 0.15) is 5.69 Å². The molecule has 1 amide bonds. The summed E-state index contributed by atoms with van der Waals surface area (Å²) < 4.78 is 16.3. The van der Waals surface area contributed by atoms with Crippen LogP contribution in [0, 0.1) is 5.92 Å². The molecule has 7 nitrogen and oxygen atoms in total. The third-order valence-electron chi connectivity index (χ3n) is 5.34. The van der Waals surface area contributed by atoms with Crippen molar-refractivity contribution >= 4 is 16.8 Å². The van der Waals surface area contributed by atoms with Gasteiger partial charge in [0.25, 0.3) is 5.91 Å². The normalized spacial score (nSPS) is 15.7. The van der Waals surface area contributed by atoms with Crippen LogP contribution in [0.3, 0.4) is 0 Å². The fourth-order valence-corrected chi connectivity index (χ4v) is 4.08. The van der Waals surface area contributed by atoms with Crippen LogP contribution in [0.15, 0.2) is 12.1 Å². The van der Waals surface area contributed by atoms with Crippen molar-refractivity contribution in [2.24, 2.45) is 5.92 Å². The molecule has 2 heterocycles. The molecule has 0 aliphatic carbocycles. The average Bonchev–Trinajstić information content (AvgIpc) is 3.08. The zero-order chi connectivity index (χ0) is 20.5. The van der Waals surface area contributed by atoms with Gasteiger partial charge in [-0.1, -0.05) is 0 Å². The highest BCUT2D eigenvalue weighted by Crippen LogP contribution is 2.43. The zero-order valence-corrected chi connectivity index (χ0v) is 17.3. The maximum absolute atomic E-state index is 13.0. The molecule has 0 radical (unpaired) electrons. The predicted molar refractivity (Wildman–Crippen MR) is 107 cm³/mol. The van der Waals surface area contributed by atoms with E-state index in [4.69, 9.17) is 14.2 Å². The number of aliphatic hydroxyl groups is 1. The number of rotatable bonds is 6. The van der Waals surface area contributed by atoms with Crippen molar-refractivity contribution in [1.82, 2.24) is 9.88 Å². The lowest BCUT2D eigenvalue weighted by atomic mass is 9.86. The van der Waals surface area contributed by atoms with Crippen molar-refractivity contribution in [2.75, 3.05) is 34.4 Å². The number of carbonyl (C=O) groups is 1. The van der Waals surface area contributed by atoms with Crippen LogP contribution in [0.5, 0.6) is 17.2 Å². The highest BCUT2D eigenvalue weighted by Gasteiger charge is 2.28. The number of likely N-dealkylation sites (tertiary alicyclic amines) is 1. The molecule has 2 aromatic rings. The fraction of sp³-hybridized carbons (Fsp3) is 0.571. The quantitative estimate of drug-likeness (QED) is 0.791. The molecule has 0 bridgehead atoms. The Bertz CT molecular complexity index is 845. The number of aromatic nitrogens is 1. The van der Waals surface area contributed by atoms with Crippen LogP contribution in [0.25, 0.3) is 10.9 Å². The van der Waals surface area contributed by atoms with Gasteiger partial charge < -0.3 is 29.2 Å². The Morgan fingerprint density at radius 3 is 2.32 bits per heavy atom. The molecule has 1 aromatic heterocycles. The summed E-state index contributed by atoms with van der Waals surface area (Å²) in [6.45, 7) is 5.06. The molecule has 0 unspecified atom stereocenters. The van der Waals surface area contributed by atoms with Crippen LogP contribution < -0.4 is 14.2 Å². The minimum Gasteiger partial charge on any atom is -0.493 e. The first-order chi connectivity index (χ1) is 13.3. The number of nitrogens with one attached hydrogen (secondary N) is 1. The number of fused-ring (bicyclic) bond motifs is 1. The van der Waals surface area contributed by atoms with Crippen LogP contribution in [-0.2, 0) is 0 Å². The molecule has 154 valence electrons. The monoisotopic (exact) mass is 390 g/mol. The summed E-state index contributed by atoms with van der Waals surface area (Å²) in [4.78, 5) is 18.1. The SMILES string of the molecule is COc1cc2cc(C(=O)N3CCC(CC(C)(C)O)CC3)[nH]c2c(OC)c1OC. The van der Waals surface area contributed by atoms with E-state index in [2.05, 4.69) is 4.98 Å². The number of benzene rings is 1. The van der Waals surface area contributed by atoms with Crippen LogP contribution in [-0.4, -0.2) is 60.9 Å². The third kappa shape index (κ3) is 4.04. The second-order valence-electron chi connectivity index (χ2n) is 8.04. The van der Waals surface area contributed by atoms with E-state index in [0.717, 1.165) is 24.6 Å². The Kier molecular flexibility index (Phi) is 5.74. The van der Waals surface area contributed by atoms with E-state index < -0.39 is 5.60 Å². The highest BCUT2D eigenvalue weighted by molar-refractivity contribution is 6.01. The second-order valence-corrected chi connectivity index (χ2v) is 8.04. The molecule has 0 atom stereocenters. The molecular weight excluding hydrogens is 360 g/mol. The summed E-state index contributed by atoms with van der Waals surface area (Å²) in [6.07, 6.45) is 2.57. The van der Waals surface area contributed by atoms with Gasteiger partial charge >= 0.3 is 0 Å². The van der Waals surface area contributed by atoms with E-state index >= 15 is 0 Å². The molecular formula is C21H30N2O5. The molecule has 1 saturated heterocycles. The summed E-state index contributed by atoms with van der Waals surface area (Å²) in [5.74, 6) is 1.97. The van der Waals surface area contributed by atoms with Crippen molar-refractivity contribution in [1.29, 1.82) is 0 Å². The molecule has 1 aliphatic rings. The number of amides is 1. The Labute approximate surface area is 165 Å². The number of hydrogen-bond acceptors (Lipinski definition) is 5. The summed E-state index contributed by atoms with van der Waals surface area (Å²) >= 11 is 0. The van der Waals surface area contributed by atoms with Crippen molar-refractivity contribution in [3.05, 3.63) is 17.8 Å². The number of H-pyrrole nitrogens is 1. The second kappa shape index (κ2) is 7.91. The maximum Gasteiger partial charge on any atom is 0.270 e. The molecule has 28 heavy (non-hydrogen) atoms. The Morgan fingerprint density at radius 2 is 1.79 bits per heavy atom. The summed E-state index contributed by atoms with van der Waals surface area (Å²) in [5, 5.41) is 10.8. The first-order valence-corrected chi connectivity index (χ1v) is 9.60.